The van der Waals surface area contributed by atoms with Crippen molar-refractivity contribution in [2.24, 2.45) is 0 Å². The van der Waals surface area contributed by atoms with Gasteiger partial charge in [0.1, 0.15) is 0 Å². The minimum Gasteiger partial charge on any atom is -0.298 e. The van der Waals surface area contributed by atoms with Crippen molar-refractivity contribution in [2.75, 3.05) is 13.1 Å². The van der Waals surface area contributed by atoms with Crippen LogP contribution in [-0.2, 0) is 0 Å². The van der Waals surface area contributed by atoms with Gasteiger partial charge in [-0.3, -0.25) is 4.90 Å². The normalized spacial score (nSPS) is 24.0. The first-order valence-corrected chi connectivity index (χ1v) is 5.64. The molecule has 66 valence electrons. The summed E-state index contributed by atoms with van der Waals surface area (Å²) in [6.07, 6.45) is 2.75. The molecule has 0 saturated carbocycles. The third-order valence-electron chi connectivity index (χ3n) is 2.37. The molecule has 2 heteroatoms. The summed E-state index contributed by atoms with van der Waals surface area (Å²) in [6, 6.07) is 0. The second-order valence-electron chi connectivity index (χ2n) is 4.33. The van der Waals surface area contributed by atoms with Gasteiger partial charge in [-0.05, 0) is 46.7 Å². The van der Waals surface area contributed by atoms with Crippen LogP contribution in [0.5, 0.6) is 0 Å². The van der Waals surface area contributed by atoms with Crippen molar-refractivity contribution < 1.29 is 0 Å². The Balaban J connectivity index is 2.39. The van der Waals surface area contributed by atoms with Gasteiger partial charge in [-0.1, -0.05) is 22.6 Å². The number of rotatable bonds is 0. The lowest BCUT2D eigenvalue weighted by molar-refractivity contribution is 0.115. The van der Waals surface area contributed by atoms with Crippen LogP contribution in [0.3, 0.4) is 0 Å². The first-order valence-electron chi connectivity index (χ1n) is 4.39. The van der Waals surface area contributed by atoms with E-state index in [0.29, 0.717) is 5.54 Å². The Hall–Kier alpha value is 0.690. The van der Waals surface area contributed by atoms with Crippen LogP contribution in [0, 0.1) is 0 Å². The summed E-state index contributed by atoms with van der Waals surface area (Å²) < 4.78 is 0.922. The van der Waals surface area contributed by atoms with Gasteiger partial charge >= 0.3 is 0 Å². The van der Waals surface area contributed by atoms with E-state index in [4.69, 9.17) is 0 Å². The average Bonchev–Trinajstić information content (AvgIpc) is 1.86. The summed E-state index contributed by atoms with van der Waals surface area (Å²) in [5, 5.41) is 0. The van der Waals surface area contributed by atoms with E-state index in [0.717, 1.165) is 3.92 Å². The molecule has 0 radical (unpaired) electrons. The Bertz CT molecular complexity index is 120. The van der Waals surface area contributed by atoms with Gasteiger partial charge in [0.2, 0.25) is 0 Å². The largest absolute Gasteiger partial charge is 0.298 e. The van der Waals surface area contributed by atoms with Crippen LogP contribution < -0.4 is 0 Å². The van der Waals surface area contributed by atoms with Gasteiger partial charge in [-0.15, -0.1) is 0 Å². The number of halogens is 1. The highest BCUT2D eigenvalue weighted by molar-refractivity contribution is 14.1. The maximum absolute atomic E-state index is 2.59. The predicted molar refractivity (Wildman–Crippen MR) is 58.4 cm³/mol. The number of hydrogen-bond donors (Lipinski definition) is 0. The Morgan fingerprint density at radius 3 is 2.00 bits per heavy atom. The molecular weight excluding hydrogens is 249 g/mol. The highest BCUT2D eigenvalue weighted by Crippen LogP contribution is 2.23. The fourth-order valence-electron chi connectivity index (χ4n) is 1.52. The average molecular weight is 267 g/mol. The summed E-state index contributed by atoms with van der Waals surface area (Å²) in [7, 11) is 0. The first kappa shape index (κ1) is 9.78. The third-order valence-corrected chi connectivity index (χ3v) is 3.62. The van der Waals surface area contributed by atoms with Crippen LogP contribution >= 0.6 is 22.6 Å². The number of likely N-dealkylation sites (tertiary alicyclic amines) is 1. The lowest BCUT2D eigenvalue weighted by atomic mass is 10.0. The molecule has 1 nitrogen and oxygen atoms in total. The Morgan fingerprint density at radius 1 is 1.18 bits per heavy atom. The van der Waals surface area contributed by atoms with Gasteiger partial charge in [0, 0.05) is 9.46 Å². The summed E-state index contributed by atoms with van der Waals surface area (Å²) in [5.74, 6) is 0. The zero-order valence-electron chi connectivity index (χ0n) is 7.73. The highest BCUT2D eigenvalue weighted by atomic mass is 127. The minimum atomic E-state index is 0.386. The summed E-state index contributed by atoms with van der Waals surface area (Å²) in [5.41, 5.74) is 0.386. The third kappa shape index (κ3) is 2.90. The summed E-state index contributed by atoms with van der Waals surface area (Å²) in [4.78, 5) is 2.59. The molecule has 11 heavy (non-hydrogen) atoms. The summed E-state index contributed by atoms with van der Waals surface area (Å²) >= 11 is 2.57. The van der Waals surface area contributed by atoms with Crippen LogP contribution in [0.4, 0.5) is 0 Å². The quantitative estimate of drug-likeness (QED) is 0.482. The second kappa shape index (κ2) is 3.60. The van der Waals surface area contributed by atoms with Gasteiger partial charge in [0.25, 0.3) is 0 Å². The van der Waals surface area contributed by atoms with Crippen molar-refractivity contribution in [1.29, 1.82) is 0 Å². The number of piperidine rings is 1. The smallest absolute Gasteiger partial charge is 0.0134 e. The molecule has 0 N–H and O–H groups in total. The van der Waals surface area contributed by atoms with Crippen LogP contribution in [0.2, 0.25) is 0 Å². The molecule has 0 aromatic rings. The number of nitrogens with zero attached hydrogens (tertiary/aromatic N) is 1. The molecule has 0 aromatic heterocycles. The van der Waals surface area contributed by atoms with Crippen LogP contribution in [0.25, 0.3) is 0 Å². The SMILES string of the molecule is CC(C)(C)N1CCC(I)CC1. The van der Waals surface area contributed by atoms with Crippen LogP contribution in [-0.4, -0.2) is 27.5 Å². The maximum atomic E-state index is 2.59. The zero-order chi connectivity index (χ0) is 8.48. The molecule has 1 heterocycles. The van der Waals surface area contributed by atoms with Crippen molar-refractivity contribution in [2.45, 2.75) is 43.1 Å². The van der Waals surface area contributed by atoms with E-state index < -0.39 is 0 Å². The topological polar surface area (TPSA) is 3.24 Å². The number of alkyl halides is 1. The van der Waals surface area contributed by atoms with Gasteiger partial charge in [0.05, 0.1) is 0 Å². The molecular formula is C9H18IN. The molecule has 0 aliphatic carbocycles. The highest BCUT2D eigenvalue weighted by Gasteiger charge is 2.25. The van der Waals surface area contributed by atoms with Crippen molar-refractivity contribution in [3.63, 3.8) is 0 Å². The van der Waals surface area contributed by atoms with Gasteiger partial charge in [0.15, 0.2) is 0 Å². The zero-order valence-corrected chi connectivity index (χ0v) is 9.89. The maximum Gasteiger partial charge on any atom is 0.0134 e. The molecule has 1 rings (SSSR count). The Labute approximate surface area is 83.7 Å². The van der Waals surface area contributed by atoms with E-state index >= 15 is 0 Å². The van der Waals surface area contributed by atoms with Gasteiger partial charge < -0.3 is 0 Å². The van der Waals surface area contributed by atoms with Gasteiger partial charge in [-0.2, -0.15) is 0 Å². The minimum absolute atomic E-state index is 0.386. The lowest BCUT2D eigenvalue weighted by Crippen LogP contribution is -2.46. The lowest BCUT2D eigenvalue weighted by Gasteiger charge is -2.39. The molecule has 1 aliphatic rings. The van der Waals surface area contributed by atoms with Crippen LogP contribution in [0.1, 0.15) is 33.6 Å². The van der Waals surface area contributed by atoms with Crippen molar-refractivity contribution in [1.82, 2.24) is 4.90 Å². The van der Waals surface area contributed by atoms with E-state index in [-0.39, 0.29) is 0 Å². The van der Waals surface area contributed by atoms with Crippen LogP contribution in [0.15, 0.2) is 0 Å². The molecule has 0 bridgehead atoms. The monoisotopic (exact) mass is 267 g/mol. The van der Waals surface area contributed by atoms with E-state index in [9.17, 15) is 0 Å². The van der Waals surface area contributed by atoms with E-state index in [2.05, 4.69) is 48.3 Å². The van der Waals surface area contributed by atoms with Crippen molar-refractivity contribution >= 4 is 22.6 Å². The molecule has 0 aromatic carbocycles. The molecule has 0 spiro atoms. The molecule has 1 saturated heterocycles. The molecule has 0 unspecified atom stereocenters. The Morgan fingerprint density at radius 2 is 1.64 bits per heavy atom. The molecule has 0 atom stereocenters. The molecule has 0 amide bonds. The second-order valence-corrected chi connectivity index (χ2v) is 6.09. The van der Waals surface area contributed by atoms with Gasteiger partial charge in [-0.25, -0.2) is 0 Å². The summed E-state index contributed by atoms with van der Waals surface area (Å²) in [6.45, 7) is 9.50. The predicted octanol–water partition coefficient (Wildman–Crippen LogP) is 2.68. The number of hydrogen-bond acceptors (Lipinski definition) is 1. The standard InChI is InChI=1S/C9H18IN/c1-9(2,3)11-6-4-8(10)5-7-11/h8H,4-7H2,1-3H3. The fourth-order valence-corrected chi connectivity index (χ4v) is 2.08. The molecule has 1 fully saturated rings. The molecule has 1 aliphatic heterocycles. The van der Waals surface area contributed by atoms with E-state index in [1.807, 2.05) is 0 Å². The van der Waals surface area contributed by atoms with Crippen molar-refractivity contribution in [3.05, 3.63) is 0 Å². The fraction of sp³-hybridized carbons (Fsp3) is 1.00. The van der Waals surface area contributed by atoms with Crippen molar-refractivity contribution in [3.8, 4) is 0 Å². The van der Waals surface area contributed by atoms with E-state index in [1.54, 1.807) is 0 Å². The Kier molecular flexibility index (Phi) is 3.20. The van der Waals surface area contributed by atoms with E-state index in [1.165, 1.54) is 25.9 Å². The first-order chi connectivity index (χ1) is 5.00.